The summed E-state index contributed by atoms with van der Waals surface area (Å²) in [7, 11) is 0. The zero-order valence-corrected chi connectivity index (χ0v) is 19.8. The van der Waals surface area contributed by atoms with Crippen molar-refractivity contribution in [2.45, 2.75) is 59.0 Å². The van der Waals surface area contributed by atoms with Gasteiger partial charge in [0.05, 0.1) is 17.0 Å². The van der Waals surface area contributed by atoms with Crippen LogP contribution >= 0.6 is 0 Å². The van der Waals surface area contributed by atoms with Crippen LogP contribution < -0.4 is 11.2 Å². The van der Waals surface area contributed by atoms with Gasteiger partial charge in [0.25, 0.3) is 11.5 Å². The molecule has 9 heteroatoms. The fourth-order valence-corrected chi connectivity index (χ4v) is 4.61. The summed E-state index contributed by atoms with van der Waals surface area (Å²) in [4.78, 5) is 50.0. The lowest BCUT2D eigenvalue weighted by Crippen LogP contribution is -2.53. The molecule has 1 saturated carbocycles. The highest BCUT2D eigenvalue weighted by Gasteiger charge is 2.32. The minimum Gasteiger partial charge on any atom is -0.336 e. The number of nitrogens with zero attached hydrogens (tertiary/aromatic N) is 5. The number of amides is 1. The fraction of sp³-hybridized carbons (Fsp3) is 0.625. The summed E-state index contributed by atoms with van der Waals surface area (Å²) in [6.45, 7) is 10.6. The first-order valence-electron chi connectivity index (χ1n) is 11.8. The summed E-state index contributed by atoms with van der Waals surface area (Å²) in [5.41, 5.74) is 0.320. The zero-order chi connectivity index (χ0) is 23.9. The molecule has 4 rings (SSSR count). The minimum atomic E-state index is -0.573. The van der Waals surface area contributed by atoms with Gasteiger partial charge in [0, 0.05) is 44.3 Å². The Morgan fingerprint density at radius 3 is 2.39 bits per heavy atom. The number of carbonyl (C=O) groups is 1. The van der Waals surface area contributed by atoms with Gasteiger partial charge in [0.1, 0.15) is 6.04 Å². The van der Waals surface area contributed by atoms with Gasteiger partial charge in [-0.15, -0.1) is 0 Å². The fourth-order valence-electron chi connectivity index (χ4n) is 4.61. The molecule has 33 heavy (non-hydrogen) atoms. The molecule has 1 aliphatic heterocycles. The molecular formula is C24H32N6O3. The van der Waals surface area contributed by atoms with E-state index in [4.69, 9.17) is 4.98 Å². The third kappa shape index (κ3) is 4.58. The van der Waals surface area contributed by atoms with Crippen molar-refractivity contribution in [1.82, 2.24) is 24.3 Å². The second-order valence-electron chi connectivity index (χ2n) is 9.98. The Bertz CT molecular complexity index is 1210. The number of hydrogen-bond donors (Lipinski definition) is 1. The van der Waals surface area contributed by atoms with Crippen LogP contribution in [-0.2, 0) is 6.54 Å². The highest BCUT2D eigenvalue weighted by molar-refractivity contribution is 6.05. The van der Waals surface area contributed by atoms with E-state index in [0.29, 0.717) is 43.9 Å². The van der Waals surface area contributed by atoms with E-state index >= 15 is 0 Å². The number of nitriles is 1. The largest absolute Gasteiger partial charge is 0.336 e. The number of piperazine rings is 1. The molecule has 1 amide bonds. The second kappa shape index (κ2) is 9.10. The number of hydrogen-bond acceptors (Lipinski definition) is 6. The molecule has 0 radical (unpaired) electrons. The summed E-state index contributed by atoms with van der Waals surface area (Å²) in [5.74, 6) is 0.424. The van der Waals surface area contributed by atoms with E-state index in [0.717, 1.165) is 18.5 Å². The van der Waals surface area contributed by atoms with Gasteiger partial charge in [-0.3, -0.25) is 24.0 Å². The highest BCUT2D eigenvalue weighted by atomic mass is 16.2. The molecule has 1 N–H and O–H groups in total. The van der Waals surface area contributed by atoms with Crippen molar-refractivity contribution in [2.24, 2.45) is 11.8 Å². The maximum atomic E-state index is 13.6. The van der Waals surface area contributed by atoms with Crippen molar-refractivity contribution in [2.75, 3.05) is 26.2 Å². The number of aromatic nitrogens is 3. The molecule has 2 aromatic rings. The summed E-state index contributed by atoms with van der Waals surface area (Å²) >= 11 is 0. The Morgan fingerprint density at radius 1 is 1.18 bits per heavy atom. The van der Waals surface area contributed by atoms with Gasteiger partial charge in [-0.25, -0.2) is 9.78 Å². The minimum absolute atomic E-state index is 0.171. The molecule has 0 spiro atoms. The molecule has 0 aromatic carbocycles. The molecular weight excluding hydrogens is 420 g/mol. The van der Waals surface area contributed by atoms with Crippen LogP contribution in [0.5, 0.6) is 0 Å². The topological polar surface area (TPSA) is 115 Å². The number of rotatable bonds is 6. The molecule has 2 fully saturated rings. The average molecular weight is 453 g/mol. The van der Waals surface area contributed by atoms with Gasteiger partial charge in [-0.05, 0) is 30.7 Å². The maximum Gasteiger partial charge on any atom is 0.330 e. The lowest BCUT2D eigenvalue weighted by Gasteiger charge is -2.38. The van der Waals surface area contributed by atoms with Crippen LogP contribution in [0, 0.1) is 23.2 Å². The number of aromatic amines is 1. The van der Waals surface area contributed by atoms with Crippen LogP contribution in [0.15, 0.2) is 15.7 Å². The monoisotopic (exact) mass is 452 g/mol. The Morgan fingerprint density at radius 2 is 1.85 bits per heavy atom. The van der Waals surface area contributed by atoms with Crippen molar-refractivity contribution < 1.29 is 4.79 Å². The van der Waals surface area contributed by atoms with E-state index in [9.17, 15) is 19.6 Å². The Labute approximate surface area is 193 Å². The smallest absolute Gasteiger partial charge is 0.330 e. The highest BCUT2D eigenvalue weighted by Crippen LogP contribution is 2.40. The molecule has 176 valence electrons. The van der Waals surface area contributed by atoms with Gasteiger partial charge in [-0.1, -0.05) is 27.7 Å². The molecule has 2 aromatic heterocycles. The van der Waals surface area contributed by atoms with Crippen LogP contribution in [0.25, 0.3) is 11.0 Å². The quantitative estimate of drug-likeness (QED) is 0.716. The molecule has 0 bridgehead atoms. The predicted molar refractivity (Wildman–Crippen MR) is 125 cm³/mol. The third-order valence-corrected chi connectivity index (χ3v) is 6.50. The maximum absolute atomic E-state index is 13.6. The SMILES string of the molecule is CC(C)Cn1c(=O)[nH]c(=O)c2c(C(=O)N3CCN(C(C#N)C(C)C)CC3)cc(C3CC3)nc21. The summed E-state index contributed by atoms with van der Waals surface area (Å²) in [6.07, 6.45) is 1.99. The summed E-state index contributed by atoms with van der Waals surface area (Å²) in [6, 6.07) is 3.94. The van der Waals surface area contributed by atoms with Gasteiger partial charge in [0.2, 0.25) is 0 Å². The second-order valence-corrected chi connectivity index (χ2v) is 9.98. The van der Waals surface area contributed by atoms with Crippen molar-refractivity contribution in [1.29, 1.82) is 5.26 Å². The molecule has 9 nitrogen and oxygen atoms in total. The van der Waals surface area contributed by atoms with E-state index in [-0.39, 0.29) is 35.1 Å². The van der Waals surface area contributed by atoms with E-state index < -0.39 is 11.2 Å². The Hall–Kier alpha value is -2.99. The predicted octanol–water partition coefficient (Wildman–Crippen LogP) is 1.92. The van der Waals surface area contributed by atoms with E-state index in [2.05, 4.69) is 16.0 Å². The number of carbonyl (C=O) groups excluding carboxylic acids is 1. The van der Waals surface area contributed by atoms with Gasteiger partial charge < -0.3 is 4.90 Å². The Kier molecular flexibility index (Phi) is 6.39. The molecule has 1 unspecified atom stereocenters. The first-order valence-corrected chi connectivity index (χ1v) is 11.8. The number of fused-ring (bicyclic) bond motifs is 1. The van der Waals surface area contributed by atoms with E-state index in [1.165, 1.54) is 4.57 Å². The standard InChI is InChI=1S/C24H32N6O3/c1-14(2)13-30-21-20(22(31)27-24(30)33)17(11-18(26-21)16-5-6-16)23(32)29-9-7-28(8-10-29)19(12-25)15(3)4/h11,14-16,19H,5-10,13H2,1-4H3,(H,27,31,33). The molecule has 1 atom stereocenters. The van der Waals surface area contributed by atoms with E-state index in [1.807, 2.05) is 27.7 Å². The first kappa shape index (κ1) is 23.2. The lowest BCUT2D eigenvalue weighted by atomic mass is 10.0. The molecule has 1 aliphatic carbocycles. The normalized spacial score (nSPS) is 18.2. The zero-order valence-electron chi connectivity index (χ0n) is 19.8. The van der Waals surface area contributed by atoms with Gasteiger partial charge in [-0.2, -0.15) is 5.26 Å². The van der Waals surface area contributed by atoms with Crippen LogP contribution in [0.2, 0.25) is 0 Å². The number of pyridine rings is 1. The van der Waals surface area contributed by atoms with Crippen LogP contribution in [-0.4, -0.2) is 62.5 Å². The van der Waals surface area contributed by atoms with Crippen LogP contribution in [0.4, 0.5) is 0 Å². The van der Waals surface area contributed by atoms with Gasteiger partial charge in [0.15, 0.2) is 5.65 Å². The average Bonchev–Trinajstić information content (AvgIpc) is 3.61. The number of H-pyrrole nitrogens is 1. The van der Waals surface area contributed by atoms with Crippen molar-refractivity contribution in [3.8, 4) is 6.07 Å². The van der Waals surface area contributed by atoms with Gasteiger partial charge >= 0.3 is 5.69 Å². The van der Waals surface area contributed by atoms with Crippen molar-refractivity contribution >= 4 is 16.9 Å². The summed E-state index contributed by atoms with van der Waals surface area (Å²) in [5, 5.41) is 9.69. The molecule has 3 heterocycles. The van der Waals surface area contributed by atoms with Crippen LogP contribution in [0.1, 0.15) is 62.5 Å². The summed E-state index contributed by atoms with van der Waals surface area (Å²) < 4.78 is 1.49. The third-order valence-electron chi connectivity index (χ3n) is 6.50. The molecule has 1 saturated heterocycles. The van der Waals surface area contributed by atoms with Crippen molar-refractivity contribution in [3.63, 3.8) is 0 Å². The Balaban J connectivity index is 1.73. The number of nitrogens with one attached hydrogen (secondary N) is 1. The van der Waals surface area contributed by atoms with Crippen LogP contribution in [0.3, 0.4) is 0 Å². The molecule has 2 aliphatic rings. The first-order chi connectivity index (χ1) is 15.7. The lowest BCUT2D eigenvalue weighted by molar-refractivity contribution is 0.0578. The van der Waals surface area contributed by atoms with E-state index in [1.54, 1.807) is 11.0 Å². The van der Waals surface area contributed by atoms with Crippen molar-refractivity contribution in [3.05, 3.63) is 38.2 Å².